The summed E-state index contributed by atoms with van der Waals surface area (Å²) >= 11 is 0. The number of benzene rings is 2. The van der Waals surface area contributed by atoms with Crippen LogP contribution in [0.3, 0.4) is 0 Å². The molecule has 0 radical (unpaired) electrons. The molecule has 3 aromatic rings. The molecule has 9 heteroatoms. The fraction of sp³-hybridized carbons (Fsp3) is 0.280. The first-order chi connectivity index (χ1) is 16.4. The summed E-state index contributed by atoms with van der Waals surface area (Å²) in [5.74, 6) is 1.80. The van der Waals surface area contributed by atoms with Crippen molar-refractivity contribution in [3.8, 4) is 23.0 Å². The van der Waals surface area contributed by atoms with Crippen molar-refractivity contribution < 1.29 is 28.5 Å². The van der Waals surface area contributed by atoms with E-state index in [0.29, 0.717) is 52.7 Å². The predicted octanol–water partition coefficient (Wildman–Crippen LogP) is 3.68. The van der Waals surface area contributed by atoms with Crippen LogP contribution in [-0.4, -0.2) is 50.1 Å². The highest BCUT2D eigenvalue weighted by atomic mass is 16.5. The lowest BCUT2D eigenvalue weighted by atomic mass is 9.82. The predicted molar refractivity (Wildman–Crippen MR) is 124 cm³/mol. The van der Waals surface area contributed by atoms with E-state index >= 15 is 0 Å². The monoisotopic (exact) mass is 463 g/mol. The van der Waals surface area contributed by atoms with Crippen LogP contribution in [0.15, 0.2) is 42.6 Å². The zero-order chi connectivity index (χ0) is 24.2. The number of anilines is 1. The zero-order valence-corrected chi connectivity index (χ0v) is 19.4. The van der Waals surface area contributed by atoms with Crippen LogP contribution in [-0.2, 0) is 6.42 Å². The molecule has 34 heavy (non-hydrogen) atoms. The summed E-state index contributed by atoms with van der Waals surface area (Å²) in [6, 6.07) is 10.4. The molecule has 0 spiro atoms. The zero-order valence-electron chi connectivity index (χ0n) is 19.4. The molecule has 0 bridgehead atoms. The van der Waals surface area contributed by atoms with Crippen molar-refractivity contribution in [1.82, 2.24) is 9.97 Å². The number of carbonyl (C=O) groups excluding carboxylic acids is 2. The van der Waals surface area contributed by atoms with Crippen molar-refractivity contribution in [2.45, 2.75) is 18.8 Å². The molecule has 1 N–H and O–H groups in total. The Morgan fingerprint density at radius 1 is 0.912 bits per heavy atom. The fourth-order valence-corrected chi connectivity index (χ4v) is 3.99. The molecule has 1 unspecified atom stereocenters. The van der Waals surface area contributed by atoms with Crippen LogP contribution in [0.25, 0.3) is 0 Å². The molecule has 1 amide bonds. The quantitative estimate of drug-likeness (QED) is 0.565. The third-order valence-electron chi connectivity index (χ3n) is 5.76. The van der Waals surface area contributed by atoms with E-state index in [1.165, 1.54) is 20.4 Å². The van der Waals surface area contributed by atoms with Gasteiger partial charge in [0.2, 0.25) is 5.95 Å². The number of hydrogen-bond donors (Lipinski definition) is 1. The van der Waals surface area contributed by atoms with E-state index < -0.39 is 5.91 Å². The second kappa shape index (κ2) is 9.78. The highest BCUT2D eigenvalue weighted by molar-refractivity contribution is 6.04. The molecular weight excluding hydrogens is 438 g/mol. The molecule has 4 rings (SSSR count). The van der Waals surface area contributed by atoms with Crippen LogP contribution in [0.2, 0.25) is 0 Å². The minimum absolute atomic E-state index is 0.0560. The highest BCUT2D eigenvalue weighted by Crippen LogP contribution is 2.38. The van der Waals surface area contributed by atoms with E-state index in [0.717, 1.165) is 5.56 Å². The van der Waals surface area contributed by atoms with Crippen LogP contribution in [0, 0.1) is 0 Å². The van der Waals surface area contributed by atoms with Gasteiger partial charge < -0.3 is 18.9 Å². The number of carbonyl (C=O) groups is 2. The maximum absolute atomic E-state index is 12.8. The normalized spacial score (nSPS) is 14.7. The third kappa shape index (κ3) is 4.63. The van der Waals surface area contributed by atoms with Crippen LogP contribution < -0.4 is 24.3 Å². The minimum atomic E-state index is -0.423. The Balaban J connectivity index is 1.59. The van der Waals surface area contributed by atoms with Gasteiger partial charge >= 0.3 is 0 Å². The number of aromatic nitrogens is 2. The average Bonchev–Trinajstić information content (AvgIpc) is 2.87. The number of ketones is 1. The Labute approximate surface area is 197 Å². The molecule has 0 fully saturated rings. The van der Waals surface area contributed by atoms with Gasteiger partial charge in [-0.15, -0.1) is 0 Å². The molecular formula is C25H25N3O6. The van der Waals surface area contributed by atoms with Crippen LogP contribution in [0.4, 0.5) is 5.95 Å². The number of amides is 1. The van der Waals surface area contributed by atoms with Crippen molar-refractivity contribution >= 4 is 17.6 Å². The number of nitrogens with zero attached hydrogens (tertiary/aromatic N) is 2. The molecule has 0 aliphatic heterocycles. The SMILES string of the molecule is COc1cc(OC)cc(C(=O)Nc2ncc3c(n2)CC(c2ccc(OC)cc2OC)CC3=O)c1. The van der Waals surface area contributed by atoms with E-state index in [1.54, 1.807) is 38.5 Å². The lowest BCUT2D eigenvalue weighted by Gasteiger charge is -2.25. The van der Waals surface area contributed by atoms with Crippen molar-refractivity contribution in [2.24, 2.45) is 0 Å². The van der Waals surface area contributed by atoms with Crippen molar-refractivity contribution in [3.05, 3.63) is 65.0 Å². The van der Waals surface area contributed by atoms with E-state index in [1.807, 2.05) is 12.1 Å². The molecule has 9 nitrogen and oxygen atoms in total. The highest BCUT2D eigenvalue weighted by Gasteiger charge is 2.30. The number of hydrogen-bond acceptors (Lipinski definition) is 8. The van der Waals surface area contributed by atoms with E-state index in [-0.39, 0.29) is 17.6 Å². The first-order valence-electron chi connectivity index (χ1n) is 10.6. The third-order valence-corrected chi connectivity index (χ3v) is 5.76. The van der Waals surface area contributed by atoms with Crippen molar-refractivity contribution in [2.75, 3.05) is 33.8 Å². The van der Waals surface area contributed by atoms with Gasteiger partial charge in [0.15, 0.2) is 5.78 Å². The smallest absolute Gasteiger partial charge is 0.258 e. The first kappa shape index (κ1) is 23.0. The van der Waals surface area contributed by atoms with Gasteiger partial charge in [0.25, 0.3) is 5.91 Å². The molecule has 1 aliphatic carbocycles. The number of fused-ring (bicyclic) bond motifs is 1. The van der Waals surface area contributed by atoms with E-state index in [9.17, 15) is 9.59 Å². The summed E-state index contributed by atoms with van der Waals surface area (Å²) in [6.45, 7) is 0. The fourth-order valence-electron chi connectivity index (χ4n) is 3.99. The van der Waals surface area contributed by atoms with Gasteiger partial charge in [0.1, 0.15) is 23.0 Å². The maximum Gasteiger partial charge on any atom is 0.258 e. The molecule has 1 heterocycles. The Morgan fingerprint density at radius 3 is 2.26 bits per heavy atom. The summed E-state index contributed by atoms with van der Waals surface area (Å²) in [7, 11) is 6.19. The summed E-state index contributed by atoms with van der Waals surface area (Å²) < 4.78 is 21.2. The molecule has 2 aromatic carbocycles. The van der Waals surface area contributed by atoms with Crippen LogP contribution in [0.5, 0.6) is 23.0 Å². The van der Waals surface area contributed by atoms with Crippen LogP contribution >= 0.6 is 0 Å². The van der Waals surface area contributed by atoms with E-state index in [4.69, 9.17) is 18.9 Å². The number of ether oxygens (including phenoxy) is 4. The largest absolute Gasteiger partial charge is 0.497 e. The standard InChI is InChI=1S/C25H25N3O6/c1-31-16-5-6-19(23(12-16)34-4)14-9-21-20(22(29)10-14)13-26-25(27-21)28-24(30)15-7-17(32-2)11-18(8-15)33-3/h5-8,11-14H,9-10H2,1-4H3,(H,26,27,28,30). The summed E-state index contributed by atoms with van der Waals surface area (Å²) in [6.07, 6.45) is 2.28. The summed E-state index contributed by atoms with van der Waals surface area (Å²) in [4.78, 5) is 34.3. The lowest BCUT2D eigenvalue weighted by molar-refractivity contribution is 0.0962. The topological polar surface area (TPSA) is 109 Å². The Morgan fingerprint density at radius 2 is 1.62 bits per heavy atom. The van der Waals surface area contributed by atoms with Gasteiger partial charge in [-0.25, -0.2) is 9.97 Å². The first-order valence-corrected chi connectivity index (χ1v) is 10.6. The maximum atomic E-state index is 12.8. The van der Waals surface area contributed by atoms with Crippen molar-refractivity contribution in [3.63, 3.8) is 0 Å². The minimum Gasteiger partial charge on any atom is -0.497 e. The van der Waals surface area contributed by atoms with Crippen LogP contribution in [0.1, 0.15) is 44.3 Å². The molecule has 0 saturated carbocycles. The Kier molecular flexibility index (Phi) is 6.62. The van der Waals surface area contributed by atoms with Gasteiger partial charge in [0, 0.05) is 36.2 Å². The van der Waals surface area contributed by atoms with Gasteiger partial charge in [-0.2, -0.15) is 0 Å². The average molecular weight is 463 g/mol. The molecule has 176 valence electrons. The van der Waals surface area contributed by atoms with Gasteiger partial charge in [-0.1, -0.05) is 6.07 Å². The number of methoxy groups -OCH3 is 4. The molecule has 0 saturated heterocycles. The summed E-state index contributed by atoms with van der Waals surface area (Å²) in [5, 5.41) is 2.69. The number of rotatable bonds is 7. The van der Waals surface area contributed by atoms with Gasteiger partial charge in [-0.3, -0.25) is 14.9 Å². The second-order valence-electron chi connectivity index (χ2n) is 7.75. The molecule has 1 aliphatic rings. The van der Waals surface area contributed by atoms with Crippen molar-refractivity contribution in [1.29, 1.82) is 0 Å². The van der Waals surface area contributed by atoms with E-state index in [2.05, 4.69) is 15.3 Å². The number of nitrogens with one attached hydrogen (secondary N) is 1. The lowest BCUT2D eigenvalue weighted by Crippen LogP contribution is -2.23. The van der Waals surface area contributed by atoms with Gasteiger partial charge in [0.05, 0.1) is 39.7 Å². The molecule has 1 aromatic heterocycles. The van der Waals surface area contributed by atoms with Gasteiger partial charge in [-0.05, 0) is 30.2 Å². The summed E-state index contributed by atoms with van der Waals surface area (Å²) in [5.41, 5.74) is 2.27. The second-order valence-corrected chi connectivity index (χ2v) is 7.75. The molecule has 1 atom stereocenters. The Hall–Kier alpha value is -4.14. The Bertz CT molecular complexity index is 1220. The number of Topliss-reactive ketones (excluding diaryl/α,β-unsaturated/α-hetero) is 1.